The third-order valence-corrected chi connectivity index (χ3v) is 5.52. The number of amides is 2. The molecule has 0 bridgehead atoms. The second-order valence-electron chi connectivity index (χ2n) is 7.45. The van der Waals surface area contributed by atoms with Crippen LogP contribution in [-0.2, 0) is 4.74 Å². The van der Waals surface area contributed by atoms with Crippen LogP contribution in [0.15, 0.2) is 24.5 Å². The van der Waals surface area contributed by atoms with E-state index >= 15 is 0 Å². The van der Waals surface area contributed by atoms with E-state index in [0.29, 0.717) is 55.5 Å². The van der Waals surface area contributed by atoms with E-state index in [2.05, 4.69) is 15.0 Å². The number of hydrogen-bond acceptors (Lipinski definition) is 6. The topological polar surface area (TPSA) is 88.5 Å². The molecule has 29 heavy (non-hydrogen) atoms. The molecule has 2 fully saturated rings. The number of morpholine rings is 1. The number of nitrogens with zero attached hydrogens (tertiary/aromatic N) is 5. The first-order valence-corrected chi connectivity index (χ1v) is 9.99. The van der Waals surface area contributed by atoms with Crippen LogP contribution in [0.1, 0.15) is 56.8 Å². The maximum atomic E-state index is 13.1. The lowest BCUT2D eigenvalue weighted by Gasteiger charge is -2.27. The third-order valence-electron chi connectivity index (χ3n) is 5.52. The van der Waals surface area contributed by atoms with Gasteiger partial charge in [-0.05, 0) is 38.8 Å². The molecule has 4 heterocycles. The molecule has 2 saturated heterocycles. The van der Waals surface area contributed by atoms with Gasteiger partial charge in [0.2, 0.25) is 0 Å². The van der Waals surface area contributed by atoms with Gasteiger partial charge in [-0.3, -0.25) is 14.6 Å². The van der Waals surface area contributed by atoms with Gasteiger partial charge in [0.1, 0.15) is 5.82 Å². The molecule has 0 aromatic carbocycles. The van der Waals surface area contributed by atoms with Crippen LogP contribution in [0.25, 0.3) is 0 Å². The highest BCUT2D eigenvalue weighted by atomic mass is 16.5. The molecule has 4 rings (SSSR count). The first-order chi connectivity index (χ1) is 14.0. The predicted octanol–water partition coefficient (Wildman–Crippen LogP) is 1.94. The van der Waals surface area contributed by atoms with Crippen LogP contribution in [0.4, 0.5) is 0 Å². The van der Waals surface area contributed by atoms with Gasteiger partial charge in [-0.2, -0.15) is 0 Å². The lowest BCUT2D eigenvalue weighted by molar-refractivity contribution is 0.0302. The van der Waals surface area contributed by atoms with Crippen molar-refractivity contribution < 1.29 is 14.3 Å². The summed E-state index contributed by atoms with van der Waals surface area (Å²) in [5.41, 5.74) is 2.59. The first-order valence-electron chi connectivity index (χ1n) is 9.99. The molecule has 0 aliphatic carbocycles. The summed E-state index contributed by atoms with van der Waals surface area (Å²) in [4.78, 5) is 42.4. The zero-order chi connectivity index (χ0) is 20.4. The number of aryl methyl sites for hydroxylation is 2. The number of carbonyl (C=O) groups is 2. The van der Waals surface area contributed by atoms with Crippen molar-refractivity contribution in [1.29, 1.82) is 0 Å². The van der Waals surface area contributed by atoms with E-state index in [1.807, 2.05) is 24.8 Å². The summed E-state index contributed by atoms with van der Waals surface area (Å²) in [6.07, 6.45) is 4.99. The van der Waals surface area contributed by atoms with Gasteiger partial charge in [-0.1, -0.05) is 0 Å². The second kappa shape index (κ2) is 8.24. The average Bonchev–Trinajstić information content (AvgIpc) is 3.23. The molecule has 0 unspecified atom stereocenters. The zero-order valence-corrected chi connectivity index (χ0v) is 16.8. The largest absolute Gasteiger partial charge is 0.378 e. The molecule has 8 nitrogen and oxygen atoms in total. The Labute approximate surface area is 169 Å². The van der Waals surface area contributed by atoms with E-state index in [1.165, 1.54) is 0 Å². The highest BCUT2D eigenvalue weighted by Gasteiger charge is 2.32. The number of ether oxygens (including phenoxy) is 1. The van der Waals surface area contributed by atoms with Gasteiger partial charge in [-0.25, -0.2) is 9.97 Å². The summed E-state index contributed by atoms with van der Waals surface area (Å²) in [5.74, 6) is 0.554. The number of carbonyl (C=O) groups excluding carboxylic acids is 2. The Morgan fingerprint density at radius 1 is 1.03 bits per heavy atom. The average molecular weight is 395 g/mol. The zero-order valence-electron chi connectivity index (χ0n) is 16.8. The fourth-order valence-electron chi connectivity index (χ4n) is 3.94. The van der Waals surface area contributed by atoms with E-state index in [9.17, 15) is 9.59 Å². The normalized spacial score (nSPS) is 19.4. The molecule has 152 valence electrons. The van der Waals surface area contributed by atoms with Gasteiger partial charge in [0.05, 0.1) is 41.8 Å². The number of rotatable bonds is 3. The van der Waals surface area contributed by atoms with Crippen molar-refractivity contribution >= 4 is 11.8 Å². The third kappa shape index (κ3) is 3.98. The minimum Gasteiger partial charge on any atom is -0.378 e. The van der Waals surface area contributed by atoms with Crippen molar-refractivity contribution in [1.82, 2.24) is 24.8 Å². The molecule has 8 heteroatoms. The minimum atomic E-state index is -0.101. The molecular formula is C21H25N5O3. The maximum absolute atomic E-state index is 13.1. The molecule has 2 aromatic rings. The summed E-state index contributed by atoms with van der Waals surface area (Å²) in [6.45, 7) is 6.65. The summed E-state index contributed by atoms with van der Waals surface area (Å²) >= 11 is 0. The highest BCUT2D eigenvalue weighted by molar-refractivity contribution is 5.95. The van der Waals surface area contributed by atoms with Crippen LogP contribution >= 0.6 is 0 Å². The monoisotopic (exact) mass is 395 g/mol. The smallest absolute Gasteiger partial charge is 0.257 e. The summed E-state index contributed by atoms with van der Waals surface area (Å²) < 4.78 is 5.30. The van der Waals surface area contributed by atoms with Crippen molar-refractivity contribution in [3.05, 3.63) is 52.9 Å². The van der Waals surface area contributed by atoms with Crippen LogP contribution < -0.4 is 0 Å². The van der Waals surface area contributed by atoms with E-state index in [1.54, 1.807) is 23.4 Å². The first kappa shape index (κ1) is 19.4. The number of likely N-dealkylation sites (tertiary alicyclic amines) is 1. The number of aromatic nitrogens is 3. The van der Waals surface area contributed by atoms with Gasteiger partial charge in [0.15, 0.2) is 0 Å². The van der Waals surface area contributed by atoms with Crippen LogP contribution in [0, 0.1) is 13.8 Å². The van der Waals surface area contributed by atoms with Crippen molar-refractivity contribution in [2.45, 2.75) is 32.7 Å². The Bertz CT molecular complexity index is 909. The van der Waals surface area contributed by atoms with E-state index < -0.39 is 0 Å². The molecule has 0 N–H and O–H groups in total. The van der Waals surface area contributed by atoms with E-state index in [4.69, 9.17) is 4.74 Å². The molecule has 1 atom stereocenters. The van der Waals surface area contributed by atoms with Crippen molar-refractivity contribution in [3.63, 3.8) is 0 Å². The molecular weight excluding hydrogens is 370 g/mol. The van der Waals surface area contributed by atoms with Crippen molar-refractivity contribution in [3.8, 4) is 0 Å². The van der Waals surface area contributed by atoms with Gasteiger partial charge >= 0.3 is 0 Å². The number of pyridine rings is 1. The van der Waals surface area contributed by atoms with E-state index in [0.717, 1.165) is 18.5 Å². The standard InChI is InChI=1S/C21H25N5O3/c1-14-17(13-22-15(2)24-14)21(28)26-7-3-4-19(26)18-6-5-16(12-23-18)20(27)25-8-10-29-11-9-25/h5-6,12-13,19H,3-4,7-11H2,1-2H3/t19-/m0/s1. The van der Waals surface area contributed by atoms with Gasteiger partial charge in [-0.15, -0.1) is 0 Å². The van der Waals surface area contributed by atoms with Crippen molar-refractivity contribution in [2.24, 2.45) is 0 Å². The van der Waals surface area contributed by atoms with Crippen LogP contribution in [0.5, 0.6) is 0 Å². The molecule has 2 aliphatic heterocycles. The van der Waals surface area contributed by atoms with Crippen LogP contribution in [0.2, 0.25) is 0 Å². The lowest BCUT2D eigenvalue weighted by atomic mass is 10.1. The quantitative estimate of drug-likeness (QED) is 0.789. The molecule has 2 aromatic heterocycles. The SMILES string of the molecule is Cc1ncc(C(=O)N2CCC[C@H]2c2ccc(C(=O)N3CCOCC3)cn2)c(C)n1. The number of hydrogen-bond donors (Lipinski definition) is 0. The minimum absolute atomic E-state index is 0.0286. The Morgan fingerprint density at radius 2 is 1.83 bits per heavy atom. The molecule has 0 saturated carbocycles. The second-order valence-corrected chi connectivity index (χ2v) is 7.45. The molecule has 2 amide bonds. The van der Waals surface area contributed by atoms with E-state index in [-0.39, 0.29) is 17.9 Å². The van der Waals surface area contributed by atoms with Crippen LogP contribution in [0.3, 0.4) is 0 Å². The summed E-state index contributed by atoms with van der Waals surface area (Å²) in [7, 11) is 0. The van der Waals surface area contributed by atoms with Crippen LogP contribution in [-0.4, -0.2) is 69.4 Å². The molecule has 0 radical (unpaired) electrons. The fourth-order valence-corrected chi connectivity index (χ4v) is 3.94. The summed E-state index contributed by atoms with van der Waals surface area (Å²) in [5, 5.41) is 0. The Hall–Kier alpha value is -2.87. The highest BCUT2D eigenvalue weighted by Crippen LogP contribution is 2.32. The Kier molecular flexibility index (Phi) is 5.53. The molecule has 2 aliphatic rings. The summed E-state index contributed by atoms with van der Waals surface area (Å²) in [6, 6.07) is 3.57. The lowest BCUT2D eigenvalue weighted by Crippen LogP contribution is -2.40. The maximum Gasteiger partial charge on any atom is 0.257 e. The van der Waals surface area contributed by atoms with Gasteiger partial charge in [0.25, 0.3) is 11.8 Å². The predicted molar refractivity (Wildman–Crippen MR) is 105 cm³/mol. The Morgan fingerprint density at radius 3 is 2.52 bits per heavy atom. The van der Waals surface area contributed by atoms with Gasteiger partial charge < -0.3 is 14.5 Å². The fraction of sp³-hybridized carbons (Fsp3) is 0.476. The molecule has 0 spiro atoms. The van der Waals surface area contributed by atoms with Gasteiger partial charge in [0, 0.05) is 32.0 Å². The van der Waals surface area contributed by atoms with Crippen molar-refractivity contribution in [2.75, 3.05) is 32.8 Å². The Balaban J connectivity index is 1.51.